The van der Waals surface area contributed by atoms with E-state index in [1.807, 2.05) is 45.0 Å². The number of allylic oxidation sites excluding steroid dienone is 4. The number of hydrogen-bond donors (Lipinski definition) is 1. The summed E-state index contributed by atoms with van der Waals surface area (Å²) in [4.78, 5) is 4.49. The number of nitrogens with one attached hydrogen (secondary N) is 1. The standard InChI is InChI=1S/C15H19N3/c1-6-8-11(2)13(4)15(18-16-5)14-10-7-9-12(3)17-14/h6-10,18H,1,5H2,2-4H3/b11-8+,15-13+. The van der Waals surface area contributed by atoms with Gasteiger partial charge in [-0.1, -0.05) is 24.8 Å². The first-order valence-electron chi connectivity index (χ1n) is 5.76. The quantitative estimate of drug-likeness (QED) is 0.487. The maximum Gasteiger partial charge on any atom is 0.0885 e. The third-order valence-corrected chi connectivity index (χ3v) is 2.67. The molecule has 3 heteroatoms. The van der Waals surface area contributed by atoms with Crippen molar-refractivity contribution in [2.24, 2.45) is 5.10 Å². The summed E-state index contributed by atoms with van der Waals surface area (Å²) in [5, 5.41) is 3.75. The summed E-state index contributed by atoms with van der Waals surface area (Å²) < 4.78 is 0. The van der Waals surface area contributed by atoms with Crippen LogP contribution in [-0.4, -0.2) is 11.7 Å². The summed E-state index contributed by atoms with van der Waals surface area (Å²) in [5.74, 6) is 0. The predicted molar refractivity (Wildman–Crippen MR) is 78.2 cm³/mol. The van der Waals surface area contributed by atoms with E-state index in [0.717, 1.165) is 28.2 Å². The highest BCUT2D eigenvalue weighted by molar-refractivity contribution is 5.68. The van der Waals surface area contributed by atoms with E-state index < -0.39 is 0 Å². The predicted octanol–water partition coefficient (Wildman–Crippen LogP) is 3.46. The van der Waals surface area contributed by atoms with Crippen molar-refractivity contribution in [2.45, 2.75) is 20.8 Å². The van der Waals surface area contributed by atoms with Gasteiger partial charge in [0.1, 0.15) is 0 Å². The molecule has 0 atom stereocenters. The minimum absolute atomic E-state index is 0.858. The van der Waals surface area contributed by atoms with Gasteiger partial charge in [0.15, 0.2) is 0 Å². The van der Waals surface area contributed by atoms with Crippen molar-refractivity contribution < 1.29 is 0 Å². The van der Waals surface area contributed by atoms with E-state index in [1.165, 1.54) is 0 Å². The maximum atomic E-state index is 4.49. The Labute approximate surface area is 109 Å². The molecule has 1 N–H and O–H groups in total. The second-order valence-corrected chi connectivity index (χ2v) is 4.02. The zero-order chi connectivity index (χ0) is 13.5. The van der Waals surface area contributed by atoms with Crippen molar-refractivity contribution in [1.82, 2.24) is 10.4 Å². The van der Waals surface area contributed by atoms with Crippen LogP contribution in [0.5, 0.6) is 0 Å². The van der Waals surface area contributed by atoms with Gasteiger partial charge in [-0.25, -0.2) is 0 Å². The summed E-state index contributed by atoms with van der Waals surface area (Å²) in [7, 11) is 0. The maximum absolute atomic E-state index is 4.49. The third-order valence-electron chi connectivity index (χ3n) is 2.67. The zero-order valence-electron chi connectivity index (χ0n) is 11.2. The summed E-state index contributed by atoms with van der Waals surface area (Å²) in [6, 6.07) is 5.89. The Hall–Kier alpha value is -2.16. The van der Waals surface area contributed by atoms with Crippen LogP contribution in [0.15, 0.2) is 53.2 Å². The molecule has 0 bridgehead atoms. The SMILES string of the molecule is C=C/C=C(C)/C(C)=C(/NN=C)c1cccc(C)n1. The minimum atomic E-state index is 0.858. The highest BCUT2D eigenvalue weighted by Crippen LogP contribution is 2.20. The molecule has 0 saturated carbocycles. The summed E-state index contributed by atoms with van der Waals surface area (Å²) >= 11 is 0. The van der Waals surface area contributed by atoms with Crippen LogP contribution in [0.2, 0.25) is 0 Å². The molecule has 18 heavy (non-hydrogen) atoms. The van der Waals surface area contributed by atoms with Crippen molar-refractivity contribution in [3.63, 3.8) is 0 Å². The molecule has 1 rings (SSSR count). The van der Waals surface area contributed by atoms with Crippen molar-refractivity contribution in [3.05, 3.63) is 59.5 Å². The van der Waals surface area contributed by atoms with Crippen LogP contribution in [-0.2, 0) is 0 Å². The van der Waals surface area contributed by atoms with E-state index in [9.17, 15) is 0 Å². The Bertz CT molecular complexity index is 510. The van der Waals surface area contributed by atoms with E-state index in [4.69, 9.17) is 0 Å². The Morgan fingerprint density at radius 2 is 2.11 bits per heavy atom. The average molecular weight is 241 g/mol. The smallest absolute Gasteiger partial charge is 0.0885 e. The molecule has 0 aliphatic heterocycles. The molecule has 0 fully saturated rings. The van der Waals surface area contributed by atoms with Crippen LogP contribution in [0.1, 0.15) is 25.2 Å². The molecule has 0 unspecified atom stereocenters. The second kappa shape index (κ2) is 6.55. The number of pyridine rings is 1. The molecule has 1 aromatic rings. The van der Waals surface area contributed by atoms with Gasteiger partial charge in [-0.15, -0.1) is 0 Å². The van der Waals surface area contributed by atoms with Crippen LogP contribution < -0.4 is 5.43 Å². The Balaban J connectivity index is 3.32. The summed E-state index contributed by atoms with van der Waals surface area (Å²) in [6.07, 6.45) is 3.72. The fourth-order valence-electron chi connectivity index (χ4n) is 1.59. The minimum Gasteiger partial charge on any atom is -0.277 e. The third kappa shape index (κ3) is 3.42. The first-order valence-corrected chi connectivity index (χ1v) is 5.76. The molecule has 94 valence electrons. The van der Waals surface area contributed by atoms with E-state index >= 15 is 0 Å². The van der Waals surface area contributed by atoms with Crippen molar-refractivity contribution in [3.8, 4) is 0 Å². The fourth-order valence-corrected chi connectivity index (χ4v) is 1.59. The number of hydrogen-bond acceptors (Lipinski definition) is 3. The van der Waals surface area contributed by atoms with Crippen LogP contribution in [0, 0.1) is 6.92 Å². The van der Waals surface area contributed by atoms with Crippen LogP contribution in [0.25, 0.3) is 5.70 Å². The Morgan fingerprint density at radius 1 is 1.39 bits per heavy atom. The number of aryl methyl sites for hydroxylation is 1. The van der Waals surface area contributed by atoms with Gasteiger partial charge in [0.05, 0.1) is 11.4 Å². The molecule has 3 nitrogen and oxygen atoms in total. The van der Waals surface area contributed by atoms with Crippen molar-refractivity contribution in [2.75, 3.05) is 0 Å². The number of hydrazone groups is 1. The fraction of sp³-hybridized carbons (Fsp3) is 0.200. The van der Waals surface area contributed by atoms with Gasteiger partial charge in [-0.3, -0.25) is 10.4 Å². The highest BCUT2D eigenvalue weighted by Gasteiger charge is 2.08. The van der Waals surface area contributed by atoms with Crippen LogP contribution in [0.4, 0.5) is 0 Å². The number of aromatic nitrogens is 1. The van der Waals surface area contributed by atoms with Crippen molar-refractivity contribution >= 4 is 12.4 Å². The molecule has 0 aliphatic carbocycles. The second-order valence-electron chi connectivity index (χ2n) is 4.02. The van der Waals surface area contributed by atoms with Crippen molar-refractivity contribution in [1.29, 1.82) is 0 Å². The first-order chi connectivity index (χ1) is 8.60. The molecule has 0 aliphatic rings. The lowest BCUT2D eigenvalue weighted by Gasteiger charge is -2.12. The lowest BCUT2D eigenvalue weighted by atomic mass is 10.0. The van der Waals surface area contributed by atoms with Crippen LogP contribution in [0.3, 0.4) is 0 Å². The zero-order valence-corrected chi connectivity index (χ0v) is 11.2. The molecule has 0 saturated heterocycles. The topological polar surface area (TPSA) is 37.3 Å². The van der Waals surface area contributed by atoms with E-state index in [2.05, 4.69) is 28.8 Å². The van der Waals surface area contributed by atoms with E-state index in [0.29, 0.717) is 0 Å². The van der Waals surface area contributed by atoms with Crippen LogP contribution >= 0.6 is 0 Å². The van der Waals surface area contributed by atoms with E-state index in [1.54, 1.807) is 6.08 Å². The summed E-state index contributed by atoms with van der Waals surface area (Å²) in [5.41, 5.74) is 7.79. The molecular weight excluding hydrogens is 222 g/mol. The Morgan fingerprint density at radius 3 is 2.67 bits per heavy atom. The molecule has 0 spiro atoms. The van der Waals surface area contributed by atoms with Gasteiger partial charge >= 0.3 is 0 Å². The first kappa shape index (κ1) is 13.9. The highest BCUT2D eigenvalue weighted by atomic mass is 15.3. The molecular formula is C15H19N3. The number of rotatable bonds is 5. The average Bonchev–Trinajstić information content (AvgIpc) is 2.35. The summed E-state index contributed by atoms with van der Waals surface area (Å²) in [6.45, 7) is 13.2. The molecule has 1 aromatic heterocycles. The normalized spacial score (nSPS) is 12.7. The van der Waals surface area contributed by atoms with Gasteiger partial charge in [0, 0.05) is 12.4 Å². The molecule has 0 radical (unpaired) electrons. The molecule has 0 amide bonds. The van der Waals surface area contributed by atoms with E-state index in [-0.39, 0.29) is 0 Å². The van der Waals surface area contributed by atoms with Gasteiger partial charge in [-0.2, -0.15) is 5.10 Å². The Kier molecular flexibility index (Phi) is 5.06. The lowest BCUT2D eigenvalue weighted by Crippen LogP contribution is -2.08. The van der Waals surface area contributed by atoms with Gasteiger partial charge in [-0.05, 0) is 44.1 Å². The van der Waals surface area contributed by atoms with Gasteiger partial charge < -0.3 is 0 Å². The molecule has 0 aromatic carbocycles. The number of nitrogens with zero attached hydrogens (tertiary/aromatic N) is 2. The lowest BCUT2D eigenvalue weighted by molar-refractivity contribution is 0.970. The largest absolute Gasteiger partial charge is 0.277 e. The van der Waals surface area contributed by atoms with Gasteiger partial charge in [0.2, 0.25) is 0 Å². The molecule has 1 heterocycles. The monoisotopic (exact) mass is 241 g/mol. The van der Waals surface area contributed by atoms with Gasteiger partial charge in [0.25, 0.3) is 0 Å².